The number of nitrogens with zero attached hydrogens (tertiary/aromatic N) is 3. The number of thiazole rings is 1. The van der Waals surface area contributed by atoms with Crippen molar-refractivity contribution in [3.63, 3.8) is 0 Å². The van der Waals surface area contributed by atoms with Crippen molar-refractivity contribution < 1.29 is 4.79 Å². The first-order chi connectivity index (χ1) is 9.11. The zero-order valence-electron chi connectivity index (χ0n) is 11.2. The molecular formula is C13H16N4OS. The Morgan fingerprint density at radius 2 is 2.32 bits per heavy atom. The topological polar surface area (TPSA) is 58.1 Å². The van der Waals surface area contributed by atoms with Gasteiger partial charge in [-0.2, -0.15) is 0 Å². The lowest BCUT2D eigenvalue weighted by Gasteiger charge is -2.17. The minimum Gasteiger partial charge on any atom is -0.386 e. The average molecular weight is 276 g/mol. The number of anilines is 1. The molecule has 2 heterocycles. The summed E-state index contributed by atoms with van der Waals surface area (Å²) < 4.78 is 0. The number of pyridine rings is 1. The fraction of sp³-hybridized carbons (Fsp3) is 0.308. The summed E-state index contributed by atoms with van der Waals surface area (Å²) in [6, 6.07) is 1.72. The van der Waals surface area contributed by atoms with Crippen molar-refractivity contribution in [2.75, 3.05) is 19.4 Å². The highest BCUT2D eigenvalue weighted by Gasteiger charge is 2.16. The van der Waals surface area contributed by atoms with Gasteiger partial charge in [0, 0.05) is 25.7 Å². The Morgan fingerprint density at radius 3 is 2.95 bits per heavy atom. The number of carbonyl (C=O) groups is 1. The molecule has 0 fully saturated rings. The summed E-state index contributed by atoms with van der Waals surface area (Å²) in [4.78, 5) is 22.4. The summed E-state index contributed by atoms with van der Waals surface area (Å²) in [5, 5.41) is 5.96. The van der Waals surface area contributed by atoms with E-state index in [4.69, 9.17) is 0 Å². The molecule has 2 rings (SSSR count). The highest BCUT2D eigenvalue weighted by atomic mass is 32.1. The molecule has 2 aromatic rings. The first-order valence-electron chi connectivity index (χ1n) is 5.90. The molecule has 0 unspecified atom stereocenters. The number of carbonyl (C=O) groups excluding carboxylic acids is 1. The molecule has 0 aliphatic carbocycles. The Balaban J connectivity index is 2.14. The zero-order valence-corrected chi connectivity index (χ0v) is 12.0. The van der Waals surface area contributed by atoms with Crippen LogP contribution in [0.15, 0.2) is 23.8 Å². The molecule has 0 aromatic carbocycles. The van der Waals surface area contributed by atoms with Gasteiger partial charge in [-0.15, -0.1) is 11.3 Å². The Morgan fingerprint density at radius 1 is 1.53 bits per heavy atom. The molecule has 0 aliphatic heterocycles. The molecule has 2 aromatic heterocycles. The van der Waals surface area contributed by atoms with Crippen molar-refractivity contribution in [2.24, 2.45) is 0 Å². The highest BCUT2D eigenvalue weighted by molar-refractivity contribution is 7.09. The lowest BCUT2D eigenvalue weighted by atomic mass is 10.2. The first-order valence-corrected chi connectivity index (χ1v) is 6.78. The van der Waals surface area contributed by atoms with Gasteiger partial charge >= 0.3 is 0 Å². The third-order valence-electron chi connectivity index (χ3n) is 2.73. The molecule has 1 amide bonds. The maximum atomic E-state index is 12.4. The van der Waals surface area contributed by atoms with E-state index in [1.54, 1.807) is 48.8 Å². The molecule has 0 aliphatic rings. The van der Waals surface area contributed by atoms with Gasteiger partial charge in [-0.25, -0.2) is 4.98 Å². The SMILES string of the molecule is CNc1cnccc1C(=O)N(C)Cc1csc(C)n1. The van der Waals surface area contributed by atoms with E-state index in [9.17, 15) is 4.79 Å². The summed E-state index contributed by atoms with van der Waals surface area (Å²) in [5.41, 5.74) is 2.26. The Hall–Kier alpha value is -1.95. The third kappa shape index (κ3) is 3.08. The highest BCUT2D eigenvalue weighted by Crippen LogP contribution is 2.16. The van der Waals surface area contributed by atoms with Gasteiger partial charge in [0.25, 0.3) is 5.91 Å². The van der Waals surface area contributed by atoms with Gasteiger partial charge in [0.05, 0.1) is 34.7 Å². The number of aryl methyl sites for hydroxylation is 1. The lowest BCUT2D eigenvalue weighted by molar-refractivity contribution is 0.0784. The van der Waals surface area contributed by atoms with E-state index in [2.05, 4.69) is 15.3 Å². The number of hydrogen-bond donors (Lipinski definition) is 1. The van der Waals surface area contributed by atoms with Crippen LogP contribution in [0.1, 0.15) is 21.1 Å². The molecule has 0 radical (unpaired) electrons. The maximum absolute atomic E-state index is 12.4. The van der Waals surface area contributed by atoms with Crippen LogP contribution in [-0.2, 0) is 6.54 Å². The Bertz CT molecular complexity index is 582. The maximum Gasteiger partial charge on any atom is 0.256 e. The van der Waals surface area contributed by atoms with Crippen LogP contribution in [0.4, 0.5) is 5.69 Å². The minimum absolute atomic E-state index is 0.0441. The molecule has 0 bridgehead atoms. The van der Waals surface area contributed by atoms with Crippen molar-refractivity contribution in [2.45, 2.75) is 13.5 Å². The van der Waals surface area contributed by atoms with E-state index in [0.29, 0.717) is 12.1 Å². The van der Waals surface area contributed by atoms with Crippen molar-refractivity contribution in [1.29, 1.82) is 0 Å². The van der Waals surface area contributed by atoms with E-state index in [1.165, 1.54) is 0 Å². The van der Waals surface area contributed by atoms with Crippen LogP contribution in [0.2, 0.25) is 0 Å². The fourth-order valence-electron chi connectivity index (χ4n) is 1.78. The number of amides is 1. The van der Waals surface area contributed by atoms with Crippen molar-refractivity contribution in [3.8, 4) is 0 Å². The quantitative estimate of drug-likeness (QED) is 0.929. The smallest absolute Gasteiger partial charge is 0.256 e. The molecular weight excluding hydrogens is 260 g/mol. The van der Waals surface area contributed by atoms with Gasteiger partial charge in [0.15, 0.2) is 0 Å². The molecule has 6 heteroatoms. The lowest BCUT2D eigenvalue weighted by Crippen LogP contribution is -2.27. The molecule has 0 saturated heterocycles. The molecule has 5 nitrogen and oxygen atoms in total. The van der Waals surface area contributed by atoms with Crippen molar-refractivity contribution >= 4 is 22.9 Å². The van der Waals surface area contributed by atoms with Crippen LogP contribution >= 0.6 is 11.3 Å². The van der Waals surface area contributed by atoms with E-state index >= 15 is 0 Å². The van der Waals surface area contributed by atoms with Crippen LogP contribution in [0, 0.1) is 6.92 Å². The van der Waals surface area contributed by atoms with Crippen LogP contribution in [0.3, 0.4) is 0 Å². The summed E-state index contributed by atoms with van der Waals surface area (Å²) in [7, 11) is 3.55. The minimum atomic E-state index is -0.0441. The van der Waals surface area contributed by atoms with Crippen LogP contribution in [0.5, 0.6) is 0 Å². The Kier molecular flexibility index (Phi) is 4.11. The zero-order chi connectivity index (χ0) is 13.8. The van der Waals surface area contributed by atoms with Crippen LogP contribution < -0.4 is 5.32 Å². The van der Waals surface area contributed by atoms with E-state index < -0.39 is 0 Å². The standard InChI is InChI=1S/C13H16N4OS/c1-9-16-10(8-19-9)7-17(3)13(18)11-4-5-15-6-12(11)14-2/h4-6,8,14H,7H2,1-3H3. The second-order valence-electron chi connectivity index (χ2n) is 4.19. The van der Waals surface area contributed by atoms with Crippen molar-refractivity contribution in [1.82, 2.24) is 14.9 Å². The van der Waals surface area contributed by atoms with Crippen LogP contribution in [0.25, 0.3) is 0 Å². The first kappa shape index (κ1) is 13.5. The molecule has 19 heavy (non-hydrogen) atoms. The number of rotatable bonds is 4. The molecule has 0 saturated carbocycles. The van der Waals surface area contributed by atoms with Gasteiger partial charge in [-0.3, -0.25) is 9.78 Å². The average Bonchev–Trinajstić information content (AvgIpc) is 2.83. The molecule has 100 valence electrons. The second kappa shape index (κ2) is 5.79. The Labute approximate surface area is 116 Å². The predicted octanol–water partition coefficient (Wildman–Crippen LogP) is 2.16. The number of nitrogens with one attached hydrogen (secondary N) is 1. The van der Waals surface area contributed by atoms with E-state index in [1.807, 2.05) is 12.3 Å². The summed E-state index contributed by atoms with van der Waals surface area (Å²) >= 11 is 1.59. The van der Waals surface area contributed by atoms with Crippen LogP contribution in [-0.4, -0.2) is 34.9 Å². The summed E-state index contributed by atoms with van der Waals surface area (Å²) in [5.74, 6) is -0.0441. The van der Waals surface area contributed by atoms with Gasteiger partial charge in [-0.1, -0.05) is 0 Å². The molecule has 1 N–H and O–H groups in total. The third-order valence-corrected chi connectivity index (χ3v) is 3.56. The largest absolute Gasteiger partial charge is 0.386 e. The fourth-order valence-corrected chi connectivity index (χ4v) is 2.39. The monoisotopic (exact) mass is 276 g/mol. The summed E-state index contributed by atoms with van der Waals surface area (Å²) in [6.45, 7) is 2.46. The molecule has 0 spiro atoms. The second-order valence-corrected chi connectivity index (χ2v) is 5.25. The number of hydrogen-bond acceptors (Lipinski definition) is 5. The number of aromatic nitrogens is 2. The van der Waals surface area contributed by atoms with Gasteiger partial charge in [0.2, 0.25) is 0 Å². The predicted molar refractivity (Wildman–Crippen MR) is 76.4 cm³/mol. The van der Waals surface area contributed by atoms with Gasteiger partial charge in [0.1, 0.15) is 0 Å². The normalized spacial score (nSPS) is 10.3. The molecule has 0 atom stereocenters. The van der Waals surface area contributed by atoms with Gasteiger partial charge < -0.3 is 10.2 Å². The van der Waals surface area contributed by atoms with Gasteiger partial charge in [-0.05, 0) is 13.0 Å². The summed E-state index contributed by atoms with van der Waals surface area (Å²) in [6.07, 6.45) is 3.27. The van der Waals surface area contributed by atoms with E-state index in [0.717, 1.165) is 16.4 Å². The van der Waals surface area contributed by atoms with Crippen molar-refractivity contribution in [3.05, 3.63) is 40.1 Å². The van der Waals surface area contributed by atoms with E-state index in [-0.39, 0.29) is 5.91 Å².